The molecule has 4 heteroatoms. The standard InChI is InChI=1S/C13H26N2O2/c1-5-12(16)7-6-8-15(4)10-13(17)14-9-11(2)3/h11H,5-10H2,1-4H3,(H,14,17). The lowest BCUT2D eigenvalue weighted by molar-refractivity contribution is -0.122. The fourth-order valence-electron chi connectivity index (χ4n) is 1.42. The quantitative estimate of drug-likeness (QED) is 0.666. The van der Waals surface area contributed by atoms with E-state index in [2.05, 4.69) is 19.2 Å². The first-order valence-corrected chi connectivity index (χ1v) is 6.42. The summed E-state index contributed by atoms with van der Waals surface area (Å²) in [6.07, 6.45) is 2.06. The van der Waals surface area contributed by atoms with E-state index in [9.17, 15) is 9.59 Å². The number of amides is 1. The van der Waals surface area contributed by atoms with Gasteiger partial charge in [-0.15, -0.1) is 0 Å². The Morgan fingerprint density at radius 3 is 2.47 bits per heavy atom. The van der Waals surface area contributed by atoms with Gasteiger partial charge in [0.2, 0.25) is 5.91 Å². The molecular formula is C13H26N2O2. The van der Waals surface area contributed by atoms with E-state index in [1.807, 2.05) is 18.9 Å². The van der Waals surface area contributed by atoms with Crippen LogP contribution in [0.2, 0.25) is 0 Å². The molecule has 0 aromatic carbocycles. The van der Waals surface area contributed by atoms with E-state index in [1.54, 1.807) is 0 Å². The first kappa shape index (κ1) is 16.1. The Balaban J connectivity index is 3.60. The predicted molar refractivity (Wildman–Crippen MR) is 69.9 cm³/mol. The zero-order chi connectivity index (χ0) is 13.3. The second kappa shape index (κ2) is 9.16. The molecule has 1 N–H and O–H groups in total. The summed E-state index contributed by atoms with van der Waals surface area (Å²) >= 11 is 0. The summed E-state index contributed by atoms with van der Waals surface area (Å²) in [5.74, 6) is 0.831. The molecule has 4 nitrogen and oxygen atoms in total. The third-order valence-electron chi connectivity index (χ3n) is 2.51. The summed E-state index contributed by atoms with van der Waals surface area (Å²) in [5, 5.41) is 2.88. The molecule has 0 spiro atoms. The Morgan fingerprint density at radius 1 is 1.29 bits per heavy atom. The van der Waals surface area contributed by atoms with E-state index < -0.39 is 0 Å². The molecule has 0 aromatic heterocycles. The molecule has 0 atom stereocenters. The molecule has 0 saturated carbocycles. The van der Waals surface area contributed by atoms with Crippen LogP contribution in [0.1, 0.15) is 40.0 Å². The lowest BCUT2D eigenvalue weighted by Crippen LogP contribution is -2.37. The Bertz CT molecular complexity index is 240. The van der Waals surface area contributed by atoms with Gasteiger partial charge in [0.15, 0.2) is 0 Å². The molecule has 0 aliphatic heterocycles. The van der Waals surface area contributed by atoms with Gasteiger partial charge in [0.05, 0.1) is 6.54 Å². The molecule has 100 valence electrons. The molecule has 0 aliphatic carbocycles. The minimum absolute atomic E-state index is 0.0584. The van der Waals surface area contributed by atoms with Crippen molar-refractivity contribution in [1.82, 2.24) is 10.2 Å². The molecule has 0 radical (unpaired) electrons. The highest BCUT2D eigenvalue weighted by Crippen LogP contribution is 1.96. The van der Waals surface area contributed by atoms with Crippen molar-refractivity contribution in [2.75, 3.05) is 26.7 Å². The number of hydrogen-bond acceptors (Lipinski definition) is 3. The third-order valence-corrected chi connectivity index (χ3v) is 2.51. The van der Waals surface area contributed by atoms with Crippen LogP contribution in [0.25, 0.3) is 0 Å². The van der Waals surface area contributed by atoms with Crippen LogP contribution >= 0.6 is 0 Å². The van der Waals surface area contributed by atoms with Gasteiger partial charge >= 0.3 is 0 Å². The van der Waals surface area contributed by atoms with Gasteiger partial charge in [-0.25, -0.2) is 0 Å². The second-order valence-electron chi connectivity index (χ2n) is 4.93. The Kier molecular flexibility index (Phi) is 8.68. The number of Topliss-reactive ketones (excluding diaryl/α,β-unsaturated/α-hetero) is 1. The molecule has 0 aromatic rings. The highest BCUT2D eigenvalue weighted by Gasteiger charge is 2.07. The average Bonchev–Trinajstić information content (AvgIpc) is 2.26. The largest absolute Gasteiger partial charge is 0.355 e. The van der Waals surface area contributed by atoms with Gasteiger partial charge in [-0.1, -0.05) is 20.8 Å². The van der Waals surface area contributed by atoms with Crippen LogP contribution in [-0.2, 0) is 9.59 Å². The van der Waals surface area contributed by atoms with Crippen molar-refractivity contribution in [3.05, 3.63) is 0 Å². The molecule has 0 bridgehead atoms. The Hall–Kier alpha value is -0.900. The maximum Gasteiger partial charge on any atom is 0.234 e. The van der Waals surface area contributed by atoms with Gasteiger partial charge in [0.1, 0.15) is 5.78 Å². The van der Waals surface area contributed by atoms with E-state index in [-0.39, 0.29) is 5.91 Å². The Labute approximate surface area is 105 Å². The lowest BCUT2D eigenvalue weighted by Gasteiger charge is -2.16. The average molecular weight is 242 g/mol. The van der Waals surface area contributed by atoms with Crippen LogP contribution < -0.4 is 5.32 Å². The number of nitrogens with zero attached hydrogens (tertiary/aromatic N) is 1. The van der Waals surface area contributed by atoms with Gasteiger partial charge in [-0.3, -0.25) is 14.5 Å². The number of carbonyl (C=O) groups is 2. The summed E-state index contributed by atoms with van der Waals surface area (Å²) in [5.41, 5.74) is 0. The number of likely N-dealkylation sites (N-methyl/N-ethyl adjacent to an activating group) is 1. The van der Waals surface area contributed by atoms with E-state index in [0.29, 0.717) is 31.1 Å². The normalized spacial score (nSPS) is 10.9. The molecule has 17 heavy (non-hydrogen) atoms. The van der Waals surface area contributed by atoms with Crippen LogP contribution in [0.3, 0.4) is 0 Å². The fraction of sp³-hybridized carbons (Fsp3) is 0.846. The lowest BCUT2D eigenvalue weighted by atomic mass is 10.2. The smallest absolute Gasteiger partial charge is 0.234 e. The topological polar surface area (TPSA) is 49.4 Å². The number of ketones is 1. The molecule has 0 rings (SSSR count). The maximum atomic E-state index is 11.5. The summed E-state index contributed by atoms with van der Waals surface area (Å²) in [6.45, 7) is 7.95. The van der Waals surface area contributed by atoms with Crippen molar-refractivity contribution >= 4 is 11.7 Å². The van der Waals surface area contributed by atoms with Crippen molar-refractivity contribution in [1.29, 1.82) is 0 Å². The molecule has 0 fully saturated rings. The second-order valence-corrected chi connectivity index (χ2v) is 4.93. The van der Waals surface area contributed by atoms with Gasteiger partial charge in [0, 0.05) is 19.4 Å². The first-order chi connectivity index (χ1) is 7.95. The minimum Gasteiger partial charge on any atom is -0.355 e. The molecule has 0 aliphatic rings. The molecule has 0 unspecified atom stereocenters. The molecule has 0 heterocycles. The van der Waals surface area contributed by atoms with Crippen molar-refractivity contribution in [3.8, 4) is 0 Å². The highest BCUT2D eigenvalue weighted by molar-refractivity contribution is 5.78. The highest BCUT2D eigenvalue weighted by atomic mass is 16.2. The van der Waals surface area contributed by atoms with Crippen LogP contribution in [0, 0.1) is 5.92 Å². The van der Waals surface area contributed by atoms with Crippen LogP contribution in [0.15, 0.2) is 0 Å². The summed E-state index contributed by atoms with van der Waals surface area (Å²) in [4.78, 5) is 24.5. The van der Waals surface area contributed by atoms with Crippen LogP contribution in [0.4, 0.5) is 0 Å². The first-order valence-electron chi connectivity index (χ1n) is 6.42. The fourth-order valence-corrected chi connectivity index (χ4v) is 1.42. The maximum absolute atomic E-state index is 11.5. The van der Waals surface area contributed by atoms with Gasteiger partial charge < -0.3 is 5.32 Å². The number of nitrogens with one attached hydrogen (secondary N) is 1. The number of carbonyl (C=O) groups excluding carboxylic acids is 2. The zero-order valence-corrected chi connectivity index (χ0v) is 11.6. The molecular weight excluding hydrogens is 216 g/mol. The van der Waals surface area contributed by atoms with Gasteiger partial charge in [-0.2, -0.15) is 0 Å². The van der Waals surface area contributed by atoms with E-state index in [0.717, 1.165) is 19.5 Å². The molecule has 0 saturated heterocycles. The minimum atomic E-state index is 0.0584. The summed E-state index contributed by atoms with van der Waals surface area (Å²) in [7, 11) is 1.91. The summed E-state index contributed by atoms with van der Waals surface area (Å²) < 4.78 is 0. The predicted octanol–water partition coefficient (Wildman–Crippen LogP) is 1.45. The SMILES string of the molecule is CCC(=O)CCCN(C)CC(=O)NCC(C)C. The van der Waals surface area contributed by atoms with Crippen LogP contribution in [0.5, 0.6) is 0 Å². The Morgan fingerprint density at radius 2 is 1.94 bits per heavy atom. The van der Waals surface area contributed by atoms with Crippen molar-refractivity contribution < 1.29 is 9.59 Å². The molecule has 1 amide bonds. The monoisotopic (exact) mass is 242 g/mol. The van der Waals surface area contributed by atoms with Gasteiger partial charge in [-0.05, 0) is 25.9 Å². The van der Waals surface area contributed by atoms with Crippen molar-refractivity contribution in [2.45, 2.75) is 40.0 Å². The number of hydrogen-bond donors (Lipinski definition) is 1. The van der Waals surface area contributed by atoms with Crippen LogP contribution in [-0.4, -0.2) is 43.3 Å². The van der Waals surface area contributed by atoms with E-state index >= 15 is 0 Å². The number of rotatable bonds is 9. The van der Waals surface area contributed by atoms with E-state index in [4.69, 9.17) is 0 Å². The van der Waals surface area contributed by atoms with E-state index in [1.165, 1.54) is 0 Å². The zero-order valence-electron chi connectivity index (χ0n) is 11.6. The third kappa shape index (κ3) is 10.00. The van der Waals surface area contributed by atoms with Crippen molar-refractivity contribution in [3.63, 3.8) is 0 Å². The summed E-state index contributed by atoms with van der Waals surface area (Å²) in [6, 6.07) is 0. The van der Waals surface area contributed by atoms with Gasteiger partial charge in [0.25, 0.3) is 0 Å². The van der Waals surface area contributed by atoms with Crippen molar-refractivity contribution in [2.24, 2.45) is 5.92 Å².